The van der Waals surface area contributed by atoms with Gasteiger partial charge in [0.1, 0.15) is 5.69 Å². The second-order valence-electron chi connectivity index (χ2n) is 14.0. The van der Waals surface area contributed by atoms with Crippen molar-refractivity contribution in [3.8, 4) is 56.3 Å². The maximum atomic E-state index is 5.30. The van der Waals surface area contributed by atoms with Gasteiger partial charge in [-0.15, -0.1) is 0 Å². The van der Waals surface area contributed by atoms with Crippen molar-refractivity contribution in [1.82, 2.24) is 29.9 Å². The molecule has 0 fully saturated rings. The van der Waals surface area contributed by atoms with E-state index in [4.69, 9.17) is 19.9 Å². The lowest BCUT2D eigenvalue weighted by Crippen LogP contribution is -1.92. The van der Waals surface area contributed by atoms with E-state index in [1.165, 1.54) is 0 Å². The Kier molecular flexibility index (Phi) is 7.38. The van der Waals surface area contributed by atoms with Gasteiger partial charge in [-0.3, -0.25) is 9.97 Å². The molecular formula is C50H30N6. The van der Waals surface area contributed by atoms with Crippen LogP contribution in [0.25, 0.3) is 111 Å². The first-order valence-corrected chi connectivity index (χ1v) is 18.6. The number of benzene rings is 6. The minimum absolute atomic E-state index is 0.744. The third kappa shape index (κ3) is 5.51. The summed E-state index contributed by atoms with van der Waals surface area (Å²) in [6.45, 7) is 0. The van der Waals surface area contributed by atoms with Gasteiger partial charge in [0.2, 0.25) is 0 Å². The van der Waals surface area contributed by atoms with E-state index < -0.39 is 0 Å². The number of nitrogens with zero attached hydrogens (tertiary/aromatic N) is 6. The lowest BCUT2D eigenvalue weighted by atomic mass is 9.93. The molecule has 6 nitrogen and oxygen atoms in total. The molecule has 5 aromatic heterocycles. The Morgan fingerprint density at radius 2 is 0.857 bits per heavy atom. The summed E-state index contributed by atoms with van der Waals surface area (Å²) in [5.74, 6) is 0. The molecule has 56 heavy (non-hydrogen) atoms. The molecule has 0 amide bonds. The third-order valence-corrected chi connectivity index (χ3v) is 10.6. The fourth-order valence-corrected chi connectivity index (χ4v) is 7.76. The van der Waals surface area contributed by atoms with Crippen LogP contribution in [0.4, 0.5) is 0 Å². The minimum atomic E-state index is 0.744. The summed E-state index contributed by atoms with van der Waals surface area (Å²) >= 11 is 0. The zero-order valence-corrected chi connectivity index (χ0v) is 30.0. The van der Waals surface area contributed by atoms with Crippen molar-refractivity contribution in [2.75, 3.05) is 0 Å². The smallest absolute Gasteiger partial charge is 0.107 e. The monoisotopic (exact) mass is 714 g/mol. The molecule has 11 aromatic rings. The number of pyridine rings is 4. The normalized spacial score (nSPS) is 11.6. The Morgan fingerprint density at radius 1 is 0.321 bits per heavy atom. The van der Waals surface area contributed by atoms with Gasteiger partial charge in [0.05, 0.1) is 51.0 Å². The molecule has 0 atom stereocenters. The van der Waals surface area contributed by atoms with Gasteiger partial charge in [0.25, 0.3) is 0 Å². The quantitative estimate of drug-likeness (QED) is 0.165. The molecule has 0 unspecified atom stereocenters. The molecule has 11 rings (SSSR count). The van der Waals surface area contributed by atoms with Crippen molar-refractivity contribution in [3.63, 3.8) is 0 Å². The van der Waals surface area contributed by atoms with E-state index in [9.17, 15) is 0 Å². The highest BCUT2D eigenvalue weighted by molar-refractivity contribution is 6.08. The van der Waals surface area contributed by atoms with Crippen LogP contribution in [0.1, 0.15) is 0 Å². The van der Waals surface area contributed by atoms with Gasteiger partial charge < -0.3 is 0 Å². The van der Waals surface area contributed by atoms with Crippen LogP contribution in [0.5, 0.6) is 0 Å². The van der Waals surface area contributed by atoms with Crippen LogP contribution in [-0.2, 0) is 0 Å². The average molecular weight is 715 g/mol. The van der Waals surface area contributed by atoms with Crippen LogP contribution in [0.15, 0.2) is 182 Å². The molecule has 0 aliphatic carbocycles. The van der Waals surface area contributed by atoms with Gasteiger partial charge in [0, 0.05) is 50.6 Å². The topological polar surface area (TPSA) is 77.3 Å². The summed E-state index contributed by atoms with van der Waals surface area (Å²) < 4.78 is 0. The standard InChI is InChI=1S/C50H30N6/c1-2-6-31(7-3-1)42-23-18-34-12-13-35-19-24-44(56-50(35)49(34)55-42)41-21-20-38(39-8-4-5-9-40(39)41)36-14-10-32-16-22-43(53-46(32)28-36)37-15-11-33-17-25-45(54-47(33)29-37)48-30-51-26-27-52-48/h1-30H. The molecule has 5 heterocycles. The fraction of sp³-hybridized carbons (Fsp3) is 0. The number of aromatic nitrogens is 6. The van der Waals surface area contributed by atoms with Crippen molar-refractivity contribution in [2.24, 2.45) is 0 Å². The Morgan fingerprint density at radius 3 is 1.59 bits per heavy atom. The highest BCUT2D eigenvalue weighted by atomic mass is 14.8. The Balaban J connectivity index is 0.985. The number of hydrogen-bond acceptors (Lipinski definition) is 6. The molecule has 0 saturated carbocycles. The van der Waals surface area contributed by atoms with Crippen LogP contribution in [0, 0.1) is 0 Å². The highest BCUT2D eigenvalue weighted by Crippen LogP contribution is 2.38. The van der Waals surface area contributed by atoms with E-state index in [1.54, 1.807) is 18.6 Å². The Labute approximate surface area is 321 Å². The van der Waals surface area contributed by atoms with E-state index in [0.717, 1.165) is 111 Å². The molecule has 6 heteroatoms. The van der Waals surface area contributed by atoms with E-state index in [2.05, 4.69) is 149 Å². The van der Waals surface area contributed by atoms with Crippen LogP contribution >= 0.6 is 0 Å². The van der Waals surface area contributed by atoms with Crippen molar-refractivity contribution in [3.05, 3.63) is 182 Å². The number of rotatable bonds is 5. The molecular weight excluding hydrogens is 685 g/mol. The van der Waals surface area contributed by atoms with Gasteiger partial charge >= 0.3 is 0 Å². The summed E-state index contributed by atoms with van der Waals surface area (Å²) in [6.07, 6.45) is 5.09. The lowest BCUT2D eigenvalue weighted by molar-refractivity contribution is 1.19. The summed E-state index contributed by atoms with van der Waals surface area (Å²) in [4.78, 5) is 29.2. The molecule has 0 radical (unpaired) electrons. The molecule has 0 spiro atoms. The summed E-state index contributed by atoms with van der Waals surface area (Å²) in [5.41, 5.74) is 13.3. The average Bonchev–Trinajstić information content (AvgIpc) is 3.28. The second-order valence-corrected chi connectivity index (χ2v) is 14.0. The van der Waals surface area contributed by atoms with Gasteiger partial charge in [-0.1, -0.05) is 127 Å². The minimum Gasteiger partial charge on any atom is -0.261 e. The number of fused-ring (bicyclic) bond motifs is 6. The van der Waals surface area contributed by atoms with E-state index in [0.29, 0.717) is 0 Å². The highest BCUT2D eigenvalue weighted by Gasteiger charge is 2.14. The van der Waals surface area contributed by atoms with Crippen LogP contribution in [0.3, 0.4) is 0 Å². The van der Waals surface area contributed by atoms with Crippen molar-refractivity contribution in [2.45, 2.75) is 0 Å². The third-order valence-electron chi connectivity index (χ3n) is 10.6. The van der Waals surface area contributed by atoms with Crippen LogP contribution < -0.4 is 0 Å². The predicted molar refractivity (Wildman–Crippen MR) is 228 cm³/mol. The van der Waals surface area contributed by atoms with Gasteiger partial charge in [-0.2, -0.15) is 0 Å². The SMILES string of the molecule is c1ccc(-c2ccc3ccc4ccc(-c5ccc(-c6ccc7ccc(-c8ccc9ccc(-c%10cnccn%10)nc9c8)nc7c6)c6ccccc56)nc4c3n2)cc1. The molecule has 0 aliphatic rings. The Bertz CT molecular complexity index is 3310. The lowest BCUT2D eigenvalue weighted by Gasteiger charge is -2.13. The zero-order valence-electron chi connectivity index (χ0n) is 30.0. The summed E-state index contributed by atoms with van der Waals surface area (Å²) in [7, 11) is 0. The van der Waals surface area contributed by atoms with E-state index >= 15 is 0 Å². The molecule has 0 saturated heterocycles. The van der Waals surface area contributed by atoms with Crippen LogP contribution in [-0.4, -0.2) is 29.9 Å². The van der Waals surface area contributed by atoms with E-state index in [-0.39, 0.29) is 0 Å². The molecule has 0 N–H and O–H groups in total. The van der Waals surface area contributed by atoms with Crippen molar-refractivity contribution in [1.29, 1.82) is 0 Å². The van der Waals surface area contributed by atoms with Crippen molar-refractivity contribution < 1.29 is 0 Å². The molecule has 260 valence electrons. The Hall–Kier alpha value is -7.70. The molecule has 0 aliphatic heterocycles. The first-order chi connectivity index (χ1) is 27.7. The first kappa shape index (κ1) is 31.8. The maximum absolute atomic E-state index is 5.30. The van der Waals surface area contributed by atoms with Crippen LogP contribution in [0.2, 0.25) is 0 Å². The second kappa shape index (κ2) is 13.0. The first-order valence-electron chi connectivity index (χ1n) is 18.6. The summed E-state index contributed by atoms with van der Waals surface area (Å²) in [6, 6.07) is 57.2. The van der Waals surface area contributed by atoms with E-state index in [1.807, 2.05) is 24.3 Å². The molecule has 0 bridgehead atoms. The fourth-order valence-electron chi connectivity index (χ4n) is 7.76. The van der Waals surface area contributed by atoms with Gasteiger partial charge in [-0.25, -0.2) is 19.9 Å². The van der Waals surface area contributed by atoms with Gasteiger partial charge in [-0.05, 0) is 58.3 Å². The van der Waals surface area contributed by atoms with Crippen molar-refractivity contribution >= 4 is 54.4 Å². The maximum Gasteiger partial charge on any atom is 0.107 e. The summed E-state index contributed by atoms with van der Waals surface area (Å²) in [5, 5.41) is 6.57. The zero-order chi connectivity index (χ0) is 37.0. The molecule has 6 aromatic carbocycles. The van der Waals surface area contributed by atoms with Gasteiger partial charge in [0.15, 0.2) is 0 Å². The predicted octanol–water partition coefficient (Wildman–Crippen LogP) is 12.2. The number of hydrogen-bond donors (Lipinski definition) is 0. The largest absolute Gasteiger partial charge is 0.261 e.